The zero-order valence-corrected chi connectivity index (χ0v) is 14.0. The average molecular weight is 284 g/mol. The molecule has 0 radical (unpaired) electrons. The van der Waals surface area contributed by atoms with Crippen LogP contribution in [0.3, 0.4) is 0 Å². The lowest BCUT2D eigenvalue weighted by atomic mass is 10.1. The van der Waals surface area contributed by atoms with Crippen molar-refractivity contribution in [2.75, 3.05) is 6.54 Å². The van der Waals surface area contributed by atoms with Crippen molar-refractivity contribution in [3.05, 3.63) is 0 Å². The molecule has 0 aromatic carbocycles. The monoisotopic (exact) mass is 284 g/mol. The Hall–Kier alpha value is -0.610. The summed E-state index contributed by atoms with van der Waals surface area (Å²) in [7, 11) is 0. The third-order valence-corrected chi connectivity index (χ3v) is 3.94. The zero-order chi connectivity index (χ0) is 15.3. The van der Waals surface area contributed by atoms with Crippen LogP contribution in [-0.2, 0) is 9.53 Å². The first kappa shape index (κ1) is 17.4. The minimum atomic E-state index is -0.103. The molecule has 1 fully saturated rings. The quantitative estimate of drug-likeness (QED) is 0.730. The van der Waals surface area contributed by atoms with Crippen molar-refractivity contribution in [1.29, 1.82) is 0 Å². The van der Waals surface area contributed by atoms with Crippen LogP contribution in [0.25, 0.3) is 0 Å². The summed E-state index contributed by atoms with van der Waals surface area (Å²) in [4.78, 5) is 14.4. The maximum Gasteiger partial charge on any atom is 0.323 e. The third-order valence-electron chi connectivity index (χ3n) is 3.94. The maximum absolute atomic E-state index is 11.9. The number of ether oxygens (including phenoxy) is 1. The molecule has 1 aliphatic rings. The average Bonchev–Trinajstić information content (AvgIpc) is 2.76. The predicted molar refractivity (Wildman–Crippen MR) is 82.8 cm³/mol. The van der Waals surface area contributed by atoms with E-state index in [1.165, 1.54) is 0 Å². The standard InChI is InChI=1S/C16H32N2O2/c1-11(2)18(12(3)4)10-9-14-7-8-15(17-14)16(19)20-13(5)6/h11-15,17H,7-10H2,1-6H3. The molecule has 1 saturated heterocycles. The van der Waals surface area contributed by atoms with E-state index >= 15 is 0 Å². The second-order valence-electron chi connectivity index (χ2n) is 6.69. The van der Waals surface area contributed by atoms with Gasteiger partial charge in [0.1, 0.15) is 6.04 Å². The fourth-order valence-corrected chi connectivity index (χ4v) is 2.96. The van der Waals surface area contributed by atoms with Gasteiger partial charge in [0.2, 0.25) is 0 Å². The summed E-state index contributed by atoms with van der Waals surface area (Å²) in [5.74, 6) is -0.0907. The number of carbonyl (C=O) groups excluding carboxylic acids is 1. The van der Waals surface area contributed by atoms with Crippen LogP contribution < -0.4 is 5.32 Å². The Kier molecular flexibility index (Phi) is 6.96. The van der Waals surface area contributed by atoms with Crippen molar-refractivity contribution in [3.63, 3.8) is 0 Å². The lowest BCUT2D eigenvalue weighted by molar-refractivity contribution is -0.149. The minimum Gasteiger partial charge on any atom is -0.462 e. The third kappa shape index (κ3) is 5.41. The molecule has 2 unspecified atom stereocenters. The summed E-state index contributed by atoms with van der Waals surface area (Å²) in [6.07, 6.45) is 3.05. The van der Waals surface area contributed by atoms with Crippen LogP contribution >= 0.6 is 0 Å². The van der Waals surface area contributed by atoms with E-state index in [1.807, 2.05) is 13.8 Å². The Morgan fingerprint density at radius 2 is 1.75 bits per heavy atom. The molecule has 20 heavy (non-hydrogen) atoms. The molecule has 4 nitrogen and oxygen atoms in total. The molecule has 0 aromatic rings. The van der Waals surface area contributed by atoms with E-state index in [1.54, 1.807) is 0 Å². The molecular formula is C16H32N2O2. The van der Waals surface area contributed by atoms with E-state index in [0.717, 1.165) is 25.8 Å². The van der Waals surface area contributed by atoms with Crippen LogP contribution in [0.5, 0.6) is 0 Å². The molecule has 1 heterocycles. The van der Waals surface area contributed by atoms with E-state index in [2.05, 4.69) is 37.9 Å². The first-order chi connectivity index (χ1) is 9.31. The Balaban J connectivity index is 2.35. The Labute approximate surface area is 124 Å². The Morgan fingerprint density at radius 1 is 1.15 bits per heavy atom. The topological polar surface area (TPSA) is 41.6 Å². The van der Waals surface area contributed by atoms with Gasteiger partial charge in [-0.3, -0.25) is 9.69 Å². The van der Waals surface area contributed by atoms with E-state index in [4.69, 9.17) is 4.74 Å². The van der Waals surface area contributed by atoms with Gasteiger partial charge < -0.3 is 10.1 Å². The Bertz CT molecular complexity index is 295. The molecule has 1 N–H and O–H groups in total. The molecule has 1 rings (SSSR count). The van der Waals surface area contributed by atoms with Gasteiger partial charge in [-0.25, -0.2) is 0 Å². The summed E-state index contributed by atoms with van der Waals surface area (Å²) in [5.41, 5.74) is 0. The van der Waals surface area contributed by atoms with E-state index < -0.39 is 0 Å². The predicted octanol–water partition coefficient (Wildman–Crippen LogP) is 2.57. The summed E-state index contributed by atoms with van der Waals surface area (Å²) < 4.78 is 5.27. The second kappa shape index (κ2) is 7.99. The van der Waals surface area contributed by atoms with Crippen molar-refractivity contribution in [3.8, 4) is 0 Å². The largest absolute Gasteiger partial charge is 0.462 e. The van der Waals surface area contributed by atoms with Crippen LogP contribution in [0.2, 0.25) is 0 Å². The van der Waals surface area contributed by atoms with E-state index in [0.29, 0.717) is 18.1 Å². The van der Waals surface area contributed by atoms with Crippen molar-refractivity contribution in [2.45, 2.75) is 91.1 Å². The van der Waals surface area contributed by atoms with Gasteiger partial charge in [0.25, 0.3) is 0 Å². The van der Waals surface area contributed by atoms with Gasteiger partial charge in [0.05, 0.1) is 6.10 Å². The van der Waals surface area contributed by atoms with Gasteiger partial charge in [-0.05, 0) is 60.8 Å². The lowest BCUT2D eigenvalue weighted by Gasteiger charge is -2.31. The highest BCUT2D eigenvalue weighted by Crippen LogP contribution is 2.18. The molecule has 0 aromatic heterocycles. The minimum absolute atomic E-state index is 0.0271. The summed E-state index contributed by atoms with van der Waals surface area (Å²) >= 11 is 0. The van der Waals surface area contributed by atoms with Crippen molar-refractivity contribution >= 4 is 5.97 Å². The fraction of sp³-hybridized carbons (Fsp3) is 0.938. The summed E-state index contributed by atoms with van der Waals surface area (Å²) in [6.45, 7) is 13.8. The number of hydrogen-bond acceptors (Lipinski definition) is 4. The van der Waals surface area contributed by atoms with E-state index in [9.17, 15) is 4.79 Å². The Morgan fingerprint density at radius 3 is 2.25 bits per heavy atom. The lowest BCUT2D eigenvalue weighted by Crippen LogP contribution is -2.42. The highest BCUT2D eigenvalue weighted by molar-refractivity contribution is 5.76. The van der Waals surface area contributed by atoms with Gasteiger partial charge in [-0.2, -0.15) is 0 Å². The SMILES string of the molecule is CC(C)OC(=O)C1CCC(CCN(C(C)C)C(C)C)N1. The van der Waals surface area contributed by atoms with Gasteiger partial charge >= 0.3 is 5.97 Å². The molecular weight excluding hydrogens is 252 g/mol. The van der Waals surface area contributed by atoms with Crippen LogP contribution in [-0.4, -0.2) is 47.7 Å². The molecule has 0 bridgehead atoms. The highest BCUT2D eigenvalue weighted by atomic mass is 16.5. The first-order valence-electron chi connectivity index (χ1n) is 8.03. The van der Waals surface area contributed by atoms with Crippen LogP contribution in [0.4, 0.5) is 0 Å². The molecule has 0 spiro atoms. The summed E-state index contributed by atoms with van der Waals surface area (Å²) in [5, 5.41) is 3.43. The van der Waals surface area contributed by atoms with Gasteiger partial charge in [0, 0.05) is 24.7 Å². The molecule has 0 saturated carbocycles. The highest BCUT2D eigenvalue weighted by Gasteiger charge is 2.30. The molecule has 0 aliphatic carbocycles. The van der Waals surface area contributed by atoms with Gasteiger partial charge in [-0.15, -0.1) is 0 Å². The van der Waals surface area contributed by atoms with Crippen molar-refractivity contribution in [2.24, 2.45) is 0 Å². The molecule has 0 amide bonds. The summed E-state index contributed by atoms with van der Waals surface area (Å²) in [6, 6.07) is 1.48. The van der Waals surface area contributed by atoms with Crippen LogP contribution in [0.15, 0.2) is 0 Å². The fourth-order valence-electron chi connectivity index (χ4n) is 2.96. The second-order valence-corrected chi connectivity index (χ2v) is 6.69. The van der Waals surface area contributed by atoms with Crippen molar-refractivity contribution in [1.82, 2.24) is 10.2 Å². The molecule has 2 atom stereocenters. The molecule has 118 valence electrons. The molecule has 1 aliphatic heterocycles. The van der Waals surface area contributed by atoms with Crippen molar-refractivity contribution < 1.29 is 9.53 Å². The maximum atomic E-state index is 11.9. The molecule has 4 heteroatoms. The first-order valence-corrected chi connectivity index (χ1v) is 8.03. The zero-order valence-electron chi connectivity index (χ0n) is 14.0. The smallest absolute Gasteiger partial charge is 0.323 e. The van der Waals surface area contributed by atoms with Gasteiger partial charge in [-0.1, -0.05) is 0 Å². The number of nitrogens with zero attached hydrogens (tertiary/aromatic N) is 1. The van der Waals surface area contributed by atoms with E-state index in [-0.39, 0.29) is 18.1 Å². The number of nitrogens with one attached hydrogen (secondary N) is 1. The number of rotatable bonds is 7. The normalized spacial score (nSPS) is 23.3. The van der Waals surface area contributed by atoms with Gasteiger partial charge in [0.15, 0.2) is 0 Å². The van der Waals surface area contributed by atoms with Crippen LogP contribution in [0.1, 0.15) is 60.8 Å². The number of esters is 1. The number of hydrogen-bond donors (Lipinski definition) is 1. The van der Waals surface area contributed by atoms with Crippen LogP contribution in [0, 0.1) is 0 Å². The number of carbonyl (C=O) groups is 1.